The number of likely N-dealkylation sites (tertiary alicyclic amines) is 1. The molecular formula is C18H27N5O3. The molecule has 8 heteroatoms. The molecule has 0 unspecified atom stereocenters. The summed E-state index contributed by atoms with van der Waals surface area (Å²) < 4.78 is 5.81. The average molecular weight is 361 g/mol. The number of aromatic nitrogens is 2. The van der Waals surface area contributed by atoms with Gasteiger partial charge in [-0.05, 0) is 32.8 Å². The highest BCUT2D eigenvalue weighted by Crippen LogP contribution is 2.29. The van der Waals surface area contributed by atoms with Crippen LogP contribution < -0.4 is 5.32 Å². The van der Waals surface area contributed by atoms with Gasteiger partial charge in [0.1, 0.15) is 12.4 Å². The highest BCUT2D eigenvalue weighted by atomic mass is 16.5. The zero-order valence-electron chi connectivity index (χ0n) is 15.7. The van der Waals surface area contributed by atoms with Crippen molar-refractivity contribution in [2.75, 3.05) is 39.8 Å². The number of urea groups is 1. The number of amides is 3. The van der Waals surface area contributed by atoms with E-state index in [4.69, 9.17) is 4.74 Å². The second-order valence-electron chi connectivity index (χ2n) is 7.26. The predicted octanol–water partition coefficient (Wildman–Crippen LogP) is 0.669. The molecule has 2 aliphatic heterocycles. The lowest BCUT2D eigenvalue weighted by Gasteiger charge is -2.46. The first-order chi connectivity index (χ1) is 12.4. The minimum atomic E-state index is -0.299. The van der Waals surface area contributed by atoms with Crippen LogP contribution in [0, 0.1) is 13.8 Å². The monoisotopic (exact) mass is 361 g/mol. The predicted molar refractivity (Wildman–Crippen MR) is 95.7 cm³/mol. The van der Waals surface area contributed by atoms with Gasteiger partial charge in [0.2, 0.25) is 5.91 Å². The number of carbonyl (C=O) groups is 2. The topological polar surface area (TPSA) is 87.7 Å². The summed E-state index contributed by atoms with van der Waals surface area (Å²) in [5.41, 5.74) is 1.58. The number of carbonyl (C=O) groups excluding carboxylic acids is 2. The maximum Gasteiger partial charge on any atom is 0.317 e. The van der Waals surface area contributed by atoms with Gasteiger partial charge in [0, 0.05) is 51.0 Å². The Balaban J connectivity index is 1.44. The minimum absolute atomic E-state index is 0.0180. The molecule has 2 saturated heterocycles. The summed E-state index contributed by atoms with van der Waals surface area (Å²) in [4.78, 5) is 36.3. The van der Waals surface area contributed by atoms with E-state index in [1.165, 1.54) is 0 Å². The number of piperidine rings is 1. The number of likely N-dealkylation sites (N-methyl/N-ethyl adjacent to an activating group) is 1. The lowest BCUT2D eigenvalue weighted by Crippen LogP contribution is -2.59. The van der Waals surface area contributed by atoms with Crippen LogP contribution in [0.5, 0.6) is 0 Å². The Morgan fingerprint density at radius 3 is 2.54 bits per heavy atom. The number of aryl methyl sites for hydroxylation is 2. The first-order valence-electron chi connectivity index (χ1n) is 9.09. The number of nitrogens with zero attached hydrogens (tertiary/aromatic N) is 4. The number of morpholine rings is 1. The zero-order valence-corrected chi connectivity index (χ0v) is 15.7. The number of nitrogens with one attached hydrogen (secondary N) is 1. The third-order valence-electron chi connectivity index (χ3n) is 5.07. The molecule has 8 nitrogen and oxygen atoms in total. The van der Waals surface area contributed by atoms with Crippen LogP contribution in [-0.4, -0.2) is 77.1 Å². The lowest BCUT2D eigenvalue weighted by atomic mass is 9.89. The van der Waals surface area contributed by atoms with Crippen molar-refractivity contribution in [2.24, 2.45) is 0 Å². The lowest BCUT2D eigenvalue weighted by molar-refractivity contribution is -0.167. The van der Waals surface area contributed by atoms with Crippen LogP contribution >= 0.6 is 0 Å². The number of hydrogen-bond acceptors (Lipinski definition) is 5. The first-order valence-corrected chi connectivity index (χ1v) is 9.09. The molecule has 142 valence electrons. The van der Waals surface area contributed by atoms with Crippen molar-refractivity contribution >= 4 is 11.9 Å². The van der Waals surface area contributed by atoms with Gasteiger partial charge in [-0.2, -0.15) is 0 Å². The molecule has 2 fully saturated rings. The smallest absolute Gasteiger partial charge is 0.317 e. The van der Waals surface area contributed by atoms with Crippen LogP contribution in [-0.2, 0) is 16.0 Å². The van der Waals surface area contributed by atoms with Crippen LogP contribution in [0.4, 0.5) is 4.79 Å². The summed E-state index contributed by atoms with van der Waals surface area (Å²) in [6, 6.07) is 1.87. The maximum absolute atomic E-state index is 12.4. The molecule has 0 aromatic carbocycles. The van der Waals surface area contributed by atoms with Gasteiger partial charge in [0.15, 0.2) is 0 Å². The number of hydrogen-bond donors (Lipinski definition) is 1. The van der Waals surface area contributed by atoms with Crippen LogP contribution in [0.3, 0.4) is 0 Å². The van der Waals surface area contributed by atoms with E-state index >= 15 is 0 Å². The number of rotatable bonds is 3. The van der Waals surface area contributed by atoms with Gasteiger partial charge in [-0.15, -0.1) is 0 Å². The minimum Gasteiger partial charge on any atom is -0.363 e. The number of ether oxygens (including phenoxy) is 1. The molecule has 0 radical (unpaired) electrons. The Morgan fingerprint density at radius 1 is 1.27 bits per heavy atom. The third kappa shape index (κ3) is 4.30. The fourth-order valence-corrected chi connectivity index (χ4v) is 3.61. The summed E-state index contributed by atoms with van der Waals surface area (Å²) in [7, 11) is 1.81. The fourth-order valence-electron chi connectivity index (χ4n) is 3.61. The molecule has 2 aliphatic rings. The van der Waals surface area contributed by atoms with Crippen molar-refractivity contribution in [3.8, 4) is 0 Å². The van der Waals surface area contributed by atoms with Crippen molar-refractivity contribution in [1.29, 1.82) is 0 Å². The van der Waals surface area contributed by atoms with Gasteiger partial charge in [-0.1, -0.05) is 0 Å². The van der Waals surface area contributed by atoms with Gasteiger partial charge >= 0.3 is 6.03 Å². The molecule has 0 aliphatic carbocycles. The Morgan fingerprint density at radius 2 is 1.92 bits per heavy atom. The summed E-state index contributed by atoms with van der Waals surface area (Å²) in [6.45, 7) is 6.40. The Hall–Kier alpha value is -2.22. The highest BCUT2D eigenvalue weighted by molar-refractivity contribution is 5.78. The van der Waals surface area contributed by atoms with E-state index in [-0.39, 0.29) is 24.1 Å². The molecule has 1 aromatic rings. The van der Waals surface area contributed by atoms with Crippen LogP contribution in [0.2, 0.25) is 0 Å². The molecule has 0 saturated carbocycles. The Labute approximate surface area is 153 Å². The van der Waals surface area contributed by atoms with Crippen molar-refractivity contribution in [3.63, 3.8) is 0 Å². The summed E-state index contributed by atoms with van der Waals surface area (Å²) in [5, 5.41) is 2.95. The zero-order chi connectivity index (χ0) is 18.7. The first kappa shape index (κ1) is 18.6. The Bertz CT molecular complexity index is 665. The Kier molecular flexibility index (Phi) is 5.41. The van der Waals surface area contributed by atoms with Gasteiger partial charge < -0.3 is 19.9 Å². The normalized spacial score (nSPS) is 19.7. The molecule has 3 rings (SSSR count). The van der Waals surface area contributed by atoms with Gasteiger partial charge in [-0.3, -0.25) is 4.79 Å². The van der Waals surface area contributed by atoms with Gasteiger partial charge in [0.25, 0.3) is 0 Å². The van der Waals surface area contributed by atoms with Crippen LogP contribution in [0.1, 0.15) is 30.1 Å². The molecule has 1 spiro atoms. The van der Waals surface area contributed by atoms with Gasteiger partial charge in [0.05, 0.1) is 5.60 Å². The van der Waals surface area contributed by atoms with E-state index in [2.05, 4.69) is 15.3 Å². The largest absolute Gasteiger partial charge is 0.363 e. The fraction of sp³-hybridized carbons (Fsp3) is 0.667. The second kappa shape index (κ2) is 7.57. The molecule has 26 heavy (non-hydrogen) atoms. The standard InChI is InChI=1S/C18H27N5O3/c1-13-10-14(2)21-15(20-13)4-7-19-17(25)23-8-5-18(6-9-23)12-22(3)16(24)11-26-18/h10H,4-9,11-12H2,1-3H3,(H,19,25). The van der Waals surface area contributed by atoms with Crippen molar-refractivity contribution in [1.82, 2.24) is 25.1 Å². The second-order valence-corrected chi connectivity index (χ2v) is 7.26. The van der Waals surface area contributed by atoms with Crippen molar-refractivity contribution < 1.29 is 14.3 Å². The van der Waals surface area contributed by atoms with Crippen LogP contribution in [0.15, 0.2) is 6.07 Å². The molecule has 0 bridgehead atoms. The molecular weight excluding hydrogens is 334 g/mol. The van der Waals surface area contributed by atoms with Crippen molar-refractivity contribution in [2.45, 2.75) is 38.7 Å². The SMILES string of the molecule is Cc1cc(C)nc(CCNC(=O)N2CCC3(CC2)CN(C)C(=O)CO3)n1. The van der Waals surface area contributed by atoms with Crippen LogP contribution in [0.25, 0.3) is 0 Å². The molecule has 1 aromatic heterocycles. The highest BCUT2D eigenvalue weighted by Gasteiger charge is 2.41. The van der Waals surface area contributed by atoms with E-state index in [0.29, 0.717) is 32.6 Å². The molecule has 3 heterocycles. The van der Waals surface area contributed by atoms with Crippen molar-refractivity contribution in [3.05, 3.63) is 23.3 Å². The average Bonchev–Trinajstić information content (AvgIpc) is 2.58. The maximum atomic E-state index is 12.4. The molecule has 0 atom stereocenters. The van der Waals surface area contributed by atoms with Gasteiger partial charge in [-0.25, -0.2) is 14.8 Å². The van der Waals surface area contributed by atoms with E-state index in [9.17, 15) is 9.59 Å². The van der Waals surface area contributed by atoms with E-state index < -0.39 is 0 Å². The summed E-state index contributed by atoms with van der Waals surface area (Å²) in [6.07, 6.45) is 2.11. The molecule has 3 amide bonds. The van der Waals surface area contributed by atoms with E-state index in [1.807, 2.05) is 24.8 Å². The third-order valence-corrected chi connectivity index (χ3v) is 5.07. The quantitative estimate of drug-likeness (QED) is 0.855. The molecule has 1 N–H and O–H groups in total. The van der Waals surface area contributed by atoms with E-state index in [0.717, 1.165) is 30.1 Å². The van der Waals surface area contributed by atoms with E-state index in [1.54, 1.807) is 11.9 Å². The summed E-state index contributed by atoms with van der Waals surface area (Å²) in [5.74, 6) is 0.771. The summed E-state index contributed by atoms with van der Waals surface area (Å²) >= 11 is 0.